The average Bonchev–Trinajstić information content (AvgIpc) is 2.91. The largest absolute Gasteiger partial charge is 0.351 e. The van der Waals surface area contributed by atoms with Gasteiger partial charge in [-0.1, -0.05) is 32.9 Å². The van der Waals surface area contributed by atoms with Crippen LogP contribution in [-0.2, 0) is 11.3 Å². The maximum Gasteiger partial charge on any atom is 0.261 e. The Bertz CT molecular complexity index is 946. The van der Waals surface area contributed by atoms with Crippen molar-refractivity contribution in [1.82, 2.24) is 14.9 Å². The number of benzene rings is 1. The summed E-state index contributed by atoms with van der Waals surface area (Å²) in [7, 11) is 0. The molecule has 2 aliphatic rings. The number of fused-ring (bicyclic) bond motifs is 3. The van der Waals surface area contributed by atoms with Crippen molar-refractivity contribution in [3.05, 3.63) is 40.4 Å². The molecule has 5 nitrogen and oxygen atoms in total. The van der Waals surface area contributed by atoms with Gasteiger partial charge in [-0.2, -0.15) is 0 Å². The van der Waals surface area contributed by atoms with E-state index in [4.69, 9.17) is 0 Å². The van der Waals surface area contributed by atoms with Crippen LogP contribution in [0.15, 0.2) is 29.3 Å². The van der Waals surface area contributed by atoms with Crippen LogP contribution in [0.5, 0.6) is 0 Å². The third-order valence-corrected chi connectivity index (χ3v) is 7.50. The lowest BCUT2D eigenvalue weighted by molar-refractivity contribution is -0.123. The minimum absolute atomic E-state index is 0.0212. The molecule has 26 heavy (non-hydrogen) atoms. The van der Waals surface area contributed by atoms with Crippen LogP contribution in [0.25, 0.3) is 10.9 Å². The molecule has 4 rings (SSSR count). The minimum atomic E-state index is -0.159. The van der Waals surface area contributed by atoms with Gasteiger partial charge < -0.3 is 5.32 Å². The molecule has 3 atom stereocenters. The molecular formula is C21H27N3O2. The van der Waals surface area contributed by atoms with Gasteiger partial charge >= 0.3 is 0 Å². The van der Waals surface area contributed by atoms with Crippen molar-refractivity contribution in [2.45, 2.75) is 59.5 Å². The van der Waals surface area contributed by atoms with Gasteiger partial charge in [0.2, 0.25) is 5.91 Å². The van der Waals surface area contributed by atoms with Gasteiger partial charge in [-0.05, 0) is 54.6 Å². The Morgan fingerprint density at radius 3 is 2.77 bits per heavy atom. The number of nitrogens with zero attached hydrogens (tertiary/aromatic N) is 2. The maximum atomic E-state index is 12.7. The maximum absolute atomic E-state index is 12.7. The lowest BCUT2D eigenvalue weighted by Crippen LogP contribution is -2.48. The smallest absolute Gasteiger partial charge is 0.261 e. The highest BCUT2D eigenvalue weighted by Gasteiger charge is 2.61. The van der Waals surface area contributed by atoms with E-state index < -0.39 is 0 Å². The Balaban J connectivity index is 1.54. The van der Waals surface area contributed by atoms with Gasteiger partial charge in [0.1, 0.15) is 6.54 Å². The number of hydrogen-bond donors (Lipinski definition) is 1. The monoisotopic (exact) mass is 353 g/mol. The van der Waals surface area contributed by atoms with Crippen molar-refractivity contribution in [2.75, 3.05) is 0 Å². The lowest BCUT2D eigenvalue weighted by atomic mass is 9.69. The fourth-order valence-electron chi connectivity index (χ4n) is 5.27. The summed E-state index contributed by atoms with van der Waals surface area (Å²) < 4.78 is 1.41. The van der Waals surface area contributed by atoms with Gasteiger partial charge in [0.05, 0.1) is 17.2 Å². The number of rotatable bonds is 3. The summed E-state index contributed by atoms with van der Waals surface area (Å²) in [6, 6.07) is 5.74. The summed E-state index contributed by atoms with van der Waals surface area (Å²) in [6.07, 6.45) is 4.94. The van der Waals surface area contributed by atoms with E-state index >= 15 is 0 Å². The number of carbonyl (C=O) groups excluding carboxylic acids is 1. The number of nitrogens with one attached hydrogen (secondary N) is 1. The highest BCUT2D eigenvalue weighted by molar-refractivity contribution is 5.81. The van der Waals surface area contributed by atoms with E-state index in [0.717, 1.165) is 18.4 Å². The molecule has 2 aliphatic carbocycles. The standard InChI is InChI=1S/C21H27N3O2/c1-13-6-5-7-15-18(13)22-12-24(19(15)26)11-17(25)23-16-10-14-8-9-21(16,4)20(14,2)3/h5-7,12,14,16H,8-11H2,1-4H3,(H,23,25). The van der Waals surface area contributed by atoms with Gasteiger partial charge in [0.15, 0.2) is 0 Å². The predicted molar refractivity (Wildman–Crippen MR) is 102 cm³/mol. The van der Waals surface area contributed by atoms with Crippen LogP contribution < -0.4 is 10.9 Å². The van der Waals surface area contributed by atoms with E-state index in [1.807, 2.05) is 19.1 Å². The summed E-state index contributed by atoms with van der Waals surface area (Å²) in [6.45, 7) is 8.92. The number of hydrogen-bond acceptors (Lipinski definition) is 3. The predicted octanol–water partition coefficient (Wildman–Crippen LogP) is 3.04. The van der Waals surface area contributed by atoms with Crippen LogP contribution in [0.1, 0.15) is 45.6 Å². The Labute approximate surface area is 153 Å². The summed E-state index contributed by atoms with van der Waals surface area (Å²) in [4.78, 5) is 29.7. The van der Waals surface area contributed by atoms with Crippen molar-refractivity contribution in [3.63, 3.8) is 0 Å². The number of carbonyl (C=O) groups is 1. The third kappa shape index (κ3) is 2.32. The molecule has 1 N–H and O–H groups in total. The molecule has 2 bridgehead atoms. The topological polar surface area (TPSA) is 64.0 Å². The number of para-hydroxylation sites is 1. The zero-order chi connectivity index (χ0) is 18.7. The van der Waals surface area contributed by atoms with Crippen LogP contribution in [0.3, 0.4) is 0 Å². The second kappa shape index (κ2) is 5.66. The van der Waals surface area contributed by atoms with Crippen LogP contribution in [0.4, 0.5) is 0 Å². The van der Waals surface area contributed by atoms with Crippen molar-refractivity contribution in [3.8, 4) is 0 Å². The number of amides is 1. The second-order valence-electron chi connectivity index (χ2n) is 8.88. The van der Waals surface area contributed by atoms with E-state index in [-0.39, 0.29) is 34.9 Å². The van der Waals surface area contributed by atoms with Gasteiger partial charge in [-0.15, -0.1) is 0 Å². The van der Waals surface area contributed by atoms with Crippen LogP contribution in [0.2, 0.25) is 0 Å². The van der Waals surface area contributed by atoms with Gasteiger partial charge in [-0.25, -0.2) is 4.98 Å². The van der Waals surface area contributed by atoms with Crippen LogP contribution >= 0.6 is 0 Å². The molecule has 0 saturated heterocycles. The van der Waals surface area contributed by atoms with Crippen molar-refractivity contribution in [2.24, 2.45) is 16.7 Å². The molecule has 2 saturated carbocycles. The molecule has 2 aromatic rings. The summed E-state index contributed by atoms with van der Waals surface area (Å²) in [5.41, 5.74) is 1.90. The Kier molecular flexibility index (Phi) is 3.76. The molecule has 2 fully saturated rings. The van der Waals surface area contributed by atoms with E-state index in [1.54, 1.807) is 6.07 Å². The fraction of sp³-hybridized carbons (Fsp3) is 0.571. The average molecular weight is 353 g/mol. The van der Waals surface area contributed by atoms with Gasteiger partial charge in [0.25, 0.3) is 5.56 Å². The van der Waals surface area contributed by atoms with E-state index in [1.165, 1.54) is 17.3 Å². The zero-order valence-corrected chi connectivity index (χ0v) is 16.0. The molecule has 1 aromatic carbocycles. The summed E-state index contributed by atoms with van der Waals surface area (Å²) >= 11 is 0. The quantitative estimate of drug-likeness (QED) is 0.922. The SMILES string of the molecule is Cc1cccc2c(=O)n(CC(=O)NC3CC4CCC3(C)C4(C)C)cnc12. The van der Waals surface area contributed by atoms with E-state index in [0.29, 0.717) is 16.8 Å². The molecule has 3 unspecified atom stereocenters. The first-order chi connectivity index (χ1) is 12.2. The molecule has 1 amide bonds. The molecular weight excluding hydrogens is 326 g/mol. The molecule has 138 valence electrons. The van der Waals surface area contributed by atoms with Gasteiger partial charge in [0, 0.05) is 6.04 Å². The molecule has 1 heterocycles. The Hall–Kier alpha value is -2.17. The Morgan fingerprint density at radius 1 is 1.35 bits per heavy atom. The summed E-state index contributed by atoms with van der Waals surface area (Å²) in [5, 5.41) is 3.78. The zero-order valence-electron chi connectivity index (χ0n) is 16.0. The van der Waals surface area contributed by atoms with Crippen LogP contribution in [-0.4, -0.2) is 21.5 Å². The first-order valence-corrected chi connectivity index (χ1v) is 9.48. The first kappa shape index (κ1) is 17.3. The molecule has 5 heteroatoms. The highest BCUT2D eigenvalue weighted by Crippen LogP contribution is 2.65. The second-order valence-corrected chi connectivity index (χ2v) is 8.88. The van der Waals surface area contributed by atoms with Gasteiger partial charge in [-0.3, -0.25) is 14.2 Å². The Morgan fingerprint density at radius 2 is 2.12 bits per heavy atom. The summed E-state index contributed by atoms with van der Waals surface area (Å²) in [5.74, 6) is 0.571. The molecule has 0 radical (unpaired) electrons. The normalized spacial score (nSPS) is 29.2. The fourth-order valence-corrected chi connectivity index (χ4v) is 5.27. The lowest BCUT2D eigenvalue weighted by Gasteiger charge is -2.39. The van der Waals surface area contributed by atoms with Crippen molar-refractivity contribution in [1.29, 1.82) is 0 Å². The number of aryl methyl sites for hydroxylation is 1. The van der Waals surface area contributed by atoms with E-state index in [9.17, 15) is 9.59 Å². The van der Waals surface area contributed by atoms with Crippen LogP contribution in [0, 0.1) is 23.7 Å². The van der Waals surface area contributed by atoms with E-state index in [2.05, 4.69) is 31.1 Å². The molecule has 0 aliphatic heterocycles. The first-order valence-electron chi connectivity index (χ1n) is 9.48. The minimum Gasteiger partial charge on any atom is -0.351 e. The van der Waals surface area contributed by atoms with Crippen molar-refractivity contribution >= 4 is 16.8 Å². The third-order valence-electron chi connectivity index (χ3n) is 7.50. The highest BCUT2D eigenvalue weighted by atomic mass is 16.2. The number of aromatic nitrogens is 2. The van der Waals surface area contributed by atoms with Crippen molar-refractivity contribution < 1.29 is 4.79 Å². The molecule has 0 spiro atoms. The molecule has 1 aromatic heterocycles.